The topological polar surface area (TPSA) is 92.5 Å². The second-order valence-corrected chi connectivity index (χ2v) is 6.02. The number of benzene rings is 1. The van der Waals surface area contributed by atoms with Crippen LogP contribution in [0.5, 0.6) is 5.75 Å². The van der Waals surface area contributed by atoms with E-state index in [9.17, 15) is 20.0 Å². The first kappa shape index (κ1) is 15.3. The van der Waals surface area contributed by atoms with Gasteiger partial charge in [0, 0.05) is 12.1 Å². The number of para-hydroxylation sites is 1. The standard InChI is InChI=1S/C15H20N2O4/c1-9-6-10(2)8-11(7-9)16-15(19)12-4-3-5-13(14(12)18)17(20)21/h3-5,9-11,18H,6-8H2,1-2H3,(H,16,19). The number of amides is 1. The Balaban J connectivity index is 2.14. The highest BCUT2D eigenvalue weighted by Crippen LogP contribution is 2.31. The fraction of sp³-hybridized carbons (Fsp3) is 0.533. The Morgan fingerprint density at radius 2 is 1.90 bits per heavy atom. The Kier molecular flexibility index (Phi) is 4.45. The van der Waals surface area contributed by atoms with Gasteiger partial charge in [0.1, 0.15) is 0 Å². The molecule has 1 aliphatic carbocycles. The fourth-order valence-corrected chi connectivity index (χ4v) is 3.19. The SMILES string of the molecule is CC1CC(C)CC(NC(=O)c2cccc([N+](=O)[O-])c2O)C1. The predicted molar refractivity (Wildman–Crippen MR) is 78.2 cm³/mol. The molecule has 1 aromatic carbocycles. The van der Waals surface area contributed by atoms with Gasteiger partial charge in [-0.05, 0) is 37.2 Å². The van der Waals surface area contributed by atoms with Gasteiger partial charge in [-0.15, -0.1) is 0 Å². The van der Waals surface area contributed by atoms with Crippen LogP contribution < -0.4 is 5.32 Å². The molecule has 2 N–H and O–H groups in total. The van der Waals surface area contributed by atoms with Crippen molar-refractivity contribution in [3.05, 3.63) is 33.9 Å². The molecule has 6 nitrogen and oxygen atoms in total. The normalized spacial score (nSPS) is 25.3. The Morgan fingerprint density at radius 3 is 2.48 bits per heavy atom. The fourth-order valence-electron chi connectivity index (χ4n) is 3.19. The molecule has 1 fully saturated rings. The number of carbonyl (C=O) groups excluding carboxylic acids is 1. The summed E-state index contributed by atoms with van der Waals surface area (Å²) in [7, 11) is 0. The molecule has 0 saturated heterocycles. The van der Waals surface area contributed by atoms with Crippen molar-refractivity contribution in [2.45, 2.75) is 39.2 Å². The summed E-state index contributed by atoms with van der Waals surface area (Å²) in [5, 5.41) is 23.5. The number of nitro benzene ring substituents is 1. The van der Waals surface area contributed by atoms with E-state index in [4.69, 9.17) is 0 Å². The number of hydrogen-bond donors (Lipinski definition) is 2. The summed E-state index contributed by atoms with van der Waals surface area (Å²) in [6.45, 7) is 4.30. The van der Waals surface area contributed by atoms with Crippen LogP contribution in [0.15, 0.2) is 18.2 Å². The molecule has 1 amide bonds. The highest BCUT2D eigenvalue weighted by molar-refractivity contribution is 5.98. The van der Waals surface area contributed by atoms with Gasteiger partial charge in [0.15, 0.2) is 0 Å². The van der Waals surface area contributed by atoms with Crippen LogP contribution in [0.3, 0.4) is 0 Å². The van der Waals surface area contributed by atoms with Gasteiger partial charge < -0.3 is 10.4 Å². The van der Waals surface area contributed by atoms with Crippen molar-refractivity contribution in [1.82, 2.24) is 5.32 Å². The highest BCUT2D eigenvalue weighted by Gasteiger charge is 2.27. The monoisotopic (exact) mass is 292 g/mol. The van der Waals surface area contributed by atoms with Crippen molar-refractivity contribution in [3.63, 3.8) is 0 Å². The molecule has 6 heteroatoms. The van der Waals surface area contributed by atoms with Gasteiger partial charge in [-0.2, -0.15) is 0 Å². The van der Waals surface area contributed by atoms with Crippen LogP contribution in [0.4, 0.5) is 5.69 Å². The molecule has 114 valence electrons. The molecule has 0 aliphatic heterocycles. The largest absolute Gasteiger partial charge is 0.502 e. The highest BCUT2D eigenvalue weighted by atomic mass is 16.6. The van der Waals surface area contributed by atoms with Gasteiger partial charge in [-0.25, -0.2) is 0 Å². The molecule has 2 atom stereocenters. The van der Waals surface area contributed by atoms with Crippen LogP contribution in [-0.4, -0.2) is 22.0 Å². The van der Waals surface area contributed by atoms with Crippen molar-refractivity contribution in [2.75, 3.05) is 0 Å². The second-order valence-electron chi connectivity index (χ2n) is 6.02. The van der Waals surface area contributed by atoms with Gasteiger partial charge in [-0.1, -0.05) is 19.9 Å². The van der Waals surface area contributed by atoms with Crippen molar-refractivity contribution in [3.8, 4) is 5.75 Å². The van der Waals surface area contributed by atoms with Gasteiger partial charge in [0.05, 0.1) is 10.5 Å². The third-order valence-corrected chi connectivity index (χ3v) is 3.97. The van der Waals surface area contributed by atoms with E-state index < -0.39 is 22.3 Å². The van der Waals surface area contributed by atoms with Crippen LogP contribution in [0.25, 0.3) is 0 Å². The summed E-state index contributed by atoms with van der Waals surface area (Å²) >= 11 is 0. The van der Waals surface area contributed by atoms with Gasteiger partial charge >= 0.3 is 5.69 Å². The Labute approximate surface area is 123 Å². The Bertz CT molecular complexity index is 549. The number of nitro groups is 1. The lowest BCUT2D eigenvalue weighted by Crippen LogP contribution is -2.40. The molecule has 2 unspecified atom stereocenters. The minimum atomic E-state index is -0.698. The maximum atomic E-state index is 12.2. The minimum absolute atomic E-state index is 0.0462. The molecule has 1 aromatic rings. The van der Waals surface area contributed by atoms with Crippen LogP contribution in [0.2, 0.25) is 0 Å². The van der Waals surface area contributed by atoms with E-state index in [2.05, 4.69) is 19.2 Å². The van der Waals surface area contributed by atoms with E-state index in [1.807, 2.05) is 0 Å². The Hall–Kier alpha value is -2.11. The molecule has 1 aliphatic rings. The number of nitrogens with one attached hydrogen (secondary N) is 1. The van der Waals surface area contributed by atoms with E-state index >= 15 is 0 Å². The first-order valence-corrected chi connectivity index (χ1v) is 7.15. The van der Waals surface area contributed by atoms with Crippen molar-refractivity contribution in [1.29, 1.82) is 0 Å². The third-order valence-electron chi connectivity index (χ3n) is 3.97. The first-order valence-electron chi connectivity index (χ1n) is 7.15. The molecule has 0 bridgehead atoms. The number of nitrogens with zero attached hydrogens (tertiary/aromatic N) is 1. The molecular formula is C15H20N2O4. The number of aromatic hydroxyl groups is 1. The molecule has 0 spiro atoms. The summed E-state index contributed by atoms with van der Waals surface area (Å²) in [6.07, 6.45) is 2.94. The van der Waals surface area contributed by atoms with Crippen molar-refractivity contribution < 1.29 is 14.8 Å². The van der Waals surface area contributed by atoms with E-state index in [-0.39, 0.29) is 11.6 Å². The predicted octanol–water partition coefficient (Wildman–Crippen LogP) is 2.85. The van der Waals surface area contributed by atoms with Gasteiger partial charge in [0.2, 0.25) is 5.75 Å². The molecule has 0 heterocycles. The number of rotatable bonds is 3. The summed E-state index contributed by atoms with van der Waals surface area (Å²) in [6, 6.07) is 4.03. The minimum Gasteiger partial charge on any atom is -0.502 e. The summed E-state index contributed by atoms with van der Waals surface area (Å²) in [5.74, 6) is 0.0509. The lowest BCUT2D eigenvalue weighted by molar-refractivity contribution is -0.385. The summed E-state index contributed by atoms with van der Waals surface area (Å²) in [4.78, 5) is 22.3. The number of carbonyl (C=O) groups is 1. The smallest absolute Gasteiger partial charge is 0.311 e. The van der Waals surface area contributed by atoms with E-state index in [0.717, 1.165) is 19.3 Å². The Morgan fingerprint density at radius 1 is 1.29 bits per heavy atom. The zero-order chi connectivity index (χ0) is 15.6. The maximum absolute atomic E-state index is 12.2. The molecule has 21 heavy (non-hydrogen) atoms. The van der Waals surface area contributed by atoms with E-state index in [1.165, 1.54) is 18.2 Å². The number of hydrogen-bond acceptors (Lipinski definition) is 4. The lowest BCUT2D eigenvalue weighted by Gasteiger charge is -2.32. The summed E-state index contributed by atoms with van der Waals surface area (Å²) < 4.78 is 0. The first-order chi connectivity index (χ1) is 9.88. The zero-order valence-electron chi connectivity index (χ0n) is 12.2. The lowest BCUT2D eigenvalue weighted by atomic mass is 9.80. The van der Waals surface area contributed by atoms with Crippen molar-refractivity contribution >= 4 is 11.6 Å². The van der Waals surface area contributed by atoms with Crippen molar-refractivity contribution in [2.24, 2.45) is 11.8 Å². The molecule has 0 aromatic heterocycles. The van der Waals surface area contributed by atoms with Gasteiger partial charge in [-0.3, -0.25) is 14.9 Å². The molecular weight excluding hydrogens is 272 g/mol. The van der Waals surface area contributed by atoms with E-state index in [1.54, 1.807) is 0 Å². The zero-order valence-corrected chi connectivity index (χ0v) is 12.2. The van der Waals surface area contributed by atoms with Crippen LogP contribution in [-0.2, 0) is 0 Å². The molecule has 0 radical (unpaired) electrons. The van der Waals surface area contributed by atoms with Crippen LogP contribution in [0.1, 0.15) is 43.5 Å². The second kappa shape index (κ2) is 6.11. The van der Waals surface area contributed by atoms with E-state index in [0.29, 0.717) is 11.8 Å². The van der Waals surface area contributed by atoms with Gasteiger partial charge in [0.25, 0.3) is 5.91 Å². The molecule has 2 rings (SSSR count). The quantitative estimate of drug-likeness (QED) is 0.661. The average Bonchev–Trinajstić information content (AvgIpc) is 2.37. The maximum Gasteiger partial charge on any atom is 0.311 e. The summed E-state index contributed by atoms with van der Waals surface area (Å²) in [5.41, 5.74) is -0.497. The molecule has 1 saturated carbocycles. The number of phenolic OH excluding ortho intramolecular Hbond substituents is 1. The van der Waals surface area contributed by atoms with Crippen LogP contribution >= 0.6 is 0 Å². The number of phenols is 1. The third kappa shape index (κ3) is 3.51. The van der Waals surface area contributed by atoms with Crippen LogP contribution in [0, 0.1) is 22.0 Å². The average molecular weight is 292 g/mol.